The molecule has 0 fully saturated rings. The molecule has 0 atom stereocenters. The molecule has 0 aliphatic heterocycles. The lowest BCUT2D eigenvalue weighted by Gasteiger charge is -2.04. The normalized spacial score (nSPS) is 10.0. The first kappa shape index (κ1) is 10.6. The summed E-state index contributed by atoms with van der Waals surface area (Å²) in [6.07, 6.45) is 0. The second-order valence-electron chi connectivity index (χ2n) is 2.80. The van der Waals surface area contributed by atoms with E-state index in [0.717, 1.165) is 6.07 Å². The first-order valence-corrected chi connectivity index (χ1v) is 4.19. The van der Waals surface area contributed by atoms with Gasteiger partial charge in [0.05, 0.1) is 12.2 Å². The Balaban J connectivity index is 3.09. The summed E-state index contributed by atoms with van der Waals surface area (Å²) in [4.78, 5) is 11.1. The molecule has 0 saturated heterocycles. The van der Waals surface area contributed by atoms with Gasteiger partial charge in [0.1, 0.15) is 11.6 Å². The second kappa shape index (κ2) is 4.17. The Hall–Kier alpha value is -1.45. The van der Waals surface area contributed by atoms with Gasteiger partial charge in [-0.3, -0.25) is 0 Å². The lowest BCUT2D eigenvalue weighted by molar-refractivity contribution is 0.0521. The predicted octanol–water partition coefficient (Wildman–Crippen LogP) is 2.45. The summed E-state index contributed by atoms with van der Waals surface area (Å²) in [7, 11) is 0. The third-order valence-electron chi connectivity index (χ3n) is 1.74. The third-order valence-corrected chi connectivity index (χ3v) is 1.74. The Kier molecular flexibility index (Phi) is 3.17. The Morgan fingerprint density at radius 3 is 2.57 bits per heavy atom. The molecule has 14 heavy (non-hydrogen) atoms. The minimum absolute atomic E-state index is 0.161. The molecule has 0 amide bonds. The van der Waals surface area contributed by atoms with Gasteiger partial charge in [0.15, 0.2) is 0 Å². The van der Waals surface area contributed by atoms with E-state index in [1.54, 1.807) is 6.92 Å². The number of halogens is 2. The van der Waals surface area contributed by atoms with Crippen molar-refractivity contribution in [1.29, 1.82) is 0 Å². The average molecular weight is 200 g/mol. The topological polar surface area (TPSA) is 26.3 Å². The van der Waals surface area contributed by atoms with Crippen molar-refractivity contribution in [1.82, 2.24) is 0 Å². The first-order valence-electron chi connectivity index (χ1n) is 4.19. The van der Waals surface area contributed by atoms with Crippen LogP contribution in [0.1, 0.15) is 22.8 Å². The monoisotopic (exact) mass is 200 g/mol. The van der Waals surface area contributed by atoms with Crippen LogP contribution in [0.4, 0.5) is 8.78 Å². The number of esters is 1. The van der Waals surface area contributed by atoms with Crippen LogP contribution in [0.3, 0.4) is 0 Å². The fourth-order valence-corrected chi connectivity index (χ4v) is 1.02. The van der Waals surface area contributed by atoms with Crippen LogP contribution >= 0.6 is 0 Å². The molecule has 0 radical (unpaired) electrons. The van der Waals surface area contributed by atoms with Gasteiger partial charge in [-0.2, -0.15) is 0 Å². The van der Waals surface area contributed by atoms with E-state index in [9.17, 15) is 13.6 Å². The van der Waals surface area contributed by atoms with Crippen LogP contribution in [0.25, 0.3) is 0 Å². The van der Waals surface area contributed by atoms with Gasteiger partial charge in [-0.15, -0.1) is 0 Å². The minimum Gasteiger partial charge on any atom is -0.462 e. The van der Waals surface area contributed by atoms with Gasteiger partial charge in [-0.05, 0) is 25.5 Å². The maximum Gasteiger partial charge on any atom is 0.341 e. The molecular weight excluding hydrogens is 190 g/mol. The maximum atomic E-state index is 13.1. The molecule has 76 valence electrons. The molecule has 0 heterocycles. The van der Waals surface area contributed by atoms with Gasteiger partial charge in [0, 0.05) is 6.07 Å². The fraction of sp³-hybridized carbons (Fsp3) is 0.300. The average Bonchev–Trinajstić information content (AvgIpc) is 2.11. The highest BCUT2D eigenvalue weighted by Crippen LogP contribution is 2.14. The van der Waals surface area contributed by atoms with E-state index in [0.29, 0.717) is 6.07 Å². The third kappa shape index (κ3) is 2.07. The van der Waals surface area contributed by atoms with Crippen molar-refractivity contribution < 1.29 is 18.3 Å². The van der Waals surface area contributed by atoms with E-state index in [1.807, 2.05) is 0 Å². The van der Waals surface area contributed by atoms with E-state index in [4.69, 9.17) is 0 Å². The number of aryl methyl sites for hydroxylation is 1. The molecule has 1 aromatic rings. The Bertz CT molecular complexity index is 361. The molecule has 0 spiro atoms. The fourth-order valence-electron chi connectivity index (χ4n) is 1.02. The minimum atomic E-state index is -0.897. The lowest BCUT2D eigenvalue weighted by atomic mass is 10.1. The first-order chi connectivity index (χ1) is 6.56. The molecule has 2 nitrogen and oxygen atoms in total. The van der Waals surface area contributed by atoms with Crippen LogP contribution in [-0.2, 0) is 4.74 Å². The molecule has 0 aromatic heterocycles. The number of benzene rings is 1. The zero-order valence-electron chi connectivity index (χ0n) is 7.93. The predicted molar refractivity (Wildman–Crippen MR) is 47.1 cm³/mol. The number of hydrogen-bond donors (Lipinski definition) is 0. The molecular formula is C10H10F2O2. The van der Waals surface area contributed by atoms with Gasteiger partial charge in [0.2, 0.25) is 0 Å². The van der Waals surface area contributed by atoms with Crippen molar-refractivity contribution in [3.05, 3.63) is 34.9 Å². The SMILES string of the molecule is CCOC(=O)c1cc(C)c(F)cc1F. The van der Waals surface area contributed by atoms with Crippen LogP contribution in [0.15, 0.2) is 12.1 Å². The quantitative estimate of drug-likeness (QED) is 0.685. The van der Waals surface area contributed by atoms with Crippen LogP contribution < -0.4 is 0 Å². The largest absolute Gasteiger partial charge is 0.462 e. The summed E-state index contributed by atoms with van der Waals surface area (Å²) in [6, 6.07) is 1.82. The summed E-state index contributed by atoms with van der Waals surface area (Å²) in [5.41, 5.74) is -0.0137. The zero-order valence-corrected chi connectivity index (χ0v) is 7.93. The zero-order chi connectivity index (χ0) is 10.7. The van der Waals surface area contributed by atoms with Gasteiger partial charge >= 0.3 is 5.97 Å². The lowest BCUT2D eigenvalue weighted by Crippen LogP contribution is -2.08. The number of hydrogen-bond acceptors (Lipinski definition) is 2. The van der Waals surface area contributed by atoms with Crippen LogP contribution in [0.5, 0.6) is 0 Å². The van der Waals surface area contributed by atoms with Gasteiger partial charge in [0.25, 0.3) is 0 Å². The van der Waals surface area contributed by atoms with E-state index in [1.165, 1.54) is 6.92 Å². The van der Waals surface area contributed by atoms with Crippen molar-refractivity contribution in [2.45, 2.75) is 13.8 Å². The van der Waals surface area contributed by atoms with Crippen LogP contribution in [-0.4, -0.2) is 12.6 Å². The molecule has 4 heteroatoms. The molecule has 0 saturated carbocycles. The number of carbonyl (C=O) groups is 1. The van der Waals surface area contributed by atoms with E-state index in [2.05, 4.69) is 4.74 Å². The Labute approximate surface area is 80.5 Å². The molecule has 0 aliphatic carbocycles. The van der Waals surface area contributed by atoms with Crippen molar-refractivity contribution in [3.63, 3.8) is 0 Å². The molecule has 0 N–H and O–H groups in total. The standard InChI is InChI=1S/C10H10F2O2/c1-3-14-10(13)7-4-6(2)8(11)5-9(7)12/h4-5H,3H2,1-2H3. The number of rotatable bonds is 2. The van der Waals surface area contributed by atoms with Crippen molar-refractivity contribution in [3.8, 4) is 0 Å². The van der Waals surface area contributed by atoms with Crippen molar-refractivity contribution in [2.24, 2.45) is 0 Å². The summed E-state index contributed by atoms with van der Waals surface area (Å²) in [6.45, 7) is 3.23. The molecule has 1 rings (SSSR count). The van der Waals surface area contributed by atoms with Gasteiger partial charge < -0.3 is 4.74 Å². The molecule has 0 bridgehead atoms. The summed E-state index contributed by atoms with van der Waals surface area (Å²) in [5, 5.41) is 0. The summed E-state index contributed by atoms with van der Waals surface area (Å²) < 4.78 is 30.5. The van der Waals surface area contributed by atoms with Gasteiger partial charge in [-0.1, -0.05) is 0 Å². The number of carbonyl (C=O) groups excluding carboxylic acids is 1. The highest BCUT2D eigenvalue weighted by molar-refractivity contribution is 5.89. The van der Waals surface area contributed by atoms with E-state index in [-0.39, 0.29) is 17.7 Å². The van der Waals surface area contributed by atoms with Crippen LogP contribution in [0.2, 0.25) is 0 Å². The molecule has 0 unspecified atom stereocenters. The van der Waals surface area contributed by atoms with E-state index >= 15 is 0 Å². The Morgan fingerprint density at radius 1 is 1.36 bits per heavy atom. The summed E-state index contributed by atoms with van der Waals surface area (Å²) in [5.74, 6) is -2.34. The van der Waals surface area contributed by atoms with Crippen molar-refractivity contribution >= 4 is 5.97 Å². The number of ether oxygens (including phenoxy) is 1. The smallest absolute Gasteiger partial charge is 0.341 e. The molecule has 1 aromatic carbocycles. The second-order valence-corrected chi connectivity index (χ2v) is 2.80. The maximum absolute atomic E-state index is 13.1. The van der Waals surface area contributed by atoms with Crippen molar-refractivity contribution in [2.75, 3.05) is 6.61 Å². The highest BCUT2D eigenvalue weighted by atomic mass is 19.1. The van der Waals surface area contributed by atoms with E-state index < -0.39 is 17.6 Å². The van der Waals surface area contributed by atoms with Crippen LogP contribution in [0, 0.1) is 18.6 Å². The highest BCUT2D eigenvalue weighted by Gasteiger charge is 2.14. The Morgan fingerprint density at radius 2 is 2.00 bits per heavy atom. The molecule has 0 aliphatic rings. The van der Waals surface area contributed by atoms with Gasteiger partial charge in [-0.25, -0.2) is 13.6 Å². The summed E-state index contributed by atoms with van der Waals surface area (Å²) >= 11 is 0.